The van der Waals surface area contributed by atoms with Crippen molar-refractivity contribution in [1.29, 1.82) is 0 Å². The summed E-state index contributed by atoms with van der Waals surface area (Å²) in [5, 5.41) is 0. The van der Waals surface area contributed by atoms with Gasteiger partial charge < -0.3 is 9.14 Å². The normalized spacial score (nSPS) is 10.4. The van der Waals surface area contributed by atoms with Crippen molar-refractivity contribution < 1.29 is 9.53 Å². The van der Waals surface area contributed by atoms with E-state index in [-0.39, 0.29) is 0 Å². The van der Waals surface area contributed by atoms with E-state index in [1.807, 2.05) is 18.3 Å². The van der Waals surface area contributed by atoms with Crippen LogP contribution in [0.5, 0.6) is 0 Å². The molecule has 0 N–H and O–H groups in total. The van der Waals surface area contributed by atoms with Crippen LogP contribution in [0.15, 0.2) is 24.5 Å². The Kier molecular flexibility index (Phi) is 2.40. The highest BCUT2D eigenvalue weighted by molar-refractivity contribution is 14.1. The Labute approximate surface area is 94.0 Å². The molecule has 0 saturated carbocycles. The minimum atomic E-state index is -0.412. The average molecular weight is 302 g/mol. The van der Waals surface area contributed by atoms with Gasteiger partial charge in [-0.2, -0.15) is 0 Å². The summed E-state index contributed by atoms with van der Waals surface area (Å²) in [6.07, 6.45) is 3.50. The Morgan fingerprint density at radius 3 is 3.07 bits per heavy atom. The van der Waals surface area contributed by atoms with E-state index in [0.717, 1.165) is 9.22 Å². The van der Waals surface area contributed by atoms with Gasteiger partial charge >= 0.3 is 5.97 Å². The highest BCUT2D eigenvalue weighted by Crippen LogP contribution is 2.13. The number of carbonyl (C=O) groups excluding carboxylic acids is 1. The van der Waals surface area contributed by atoms with Crippen molar-refractivity contribution in [3.63, 3.8) is 0 Å². The van der Waals surface area contributed by atoms with Crippen molar-refractivity contribution in [2.75, 3.05) is 7.11 Å². The topological polar surface area (TPSA) is 43.6 Å². The summed E-state index contributed by atoms with van der Waals surface area (Å²) in [4.78, 5) is 15.4. The minimum Gasteiger partial charge on any atom is -0.464 e. The third kappa shape index (κ3) is 1.47. The van der Waals surface area contributed by atoms with Crippen molar-refractivity contribution in [3.8, 4) is 0 Å². The van der Waals surface area contributed by atoms with Crippen LogP contribution in [0.1, 0.15) is 10.5 Å². The quantitative estimate of drug-likeness (QED) is 0.595. The van der Waals surface area contributed by atoms with Gasteiger partial charge in [-0.3, -0.25) is 0 Å². The van der Waals surface area contributed by atoms with Crippen LogP contribution >= 0.6 is 22.6 Å². The number of pyridine rings is 1. The van der Waals surface area contributed by atoms with Crippen LogP contribution in [0.4, 0.5) is 0 Å². The molecule has 0 amide bonds. The van der Waals surface area contributed by atoms with Crippen LogP contribution in [-0.4, -0.2) is 22.5 Å². The molecule has 0 fully saturated rings. The fourth-order valence-electron chi connectivity index (χ4n) is 1.18. The van der Waals surface area contributed by atoms with Crippen LogP contribution < -0.4 is 0 Å². The van der Waals surface area contributed by atoms with Crippen LogP contribution in [0.3, 0.4) is 0 Å². The number of fused-ring (bicyclic) bond motifs is 1. The number of halogens is 1. The standard InChI is InChI=1S/C9H7IN2O2/c1-14-9(13)7-5-12-4-2-3-6(10)8(12)11-7/h2-5H,1H3. The van der Waals surface area contributed by atoms with E-state index >= 15 is 0 Å². The van der Waals surface area contributed by atoms with Gasteiger partial charge in [0.15, 0.2) is 11.3 Å². The number of nitrogens with zero attached hydrogens (tertiary/aromatic N) is 2. The van der Waals surface area contributed by atoms with Crippen molar-refractivity contribution in [2.24, 2.45) is 0 Å². The molecular formula is C9H7IN2O2. The van der Waals surface area contributed by atoms with E-state index in [4.69, 9.17) is 0 Å². The molecular weight excluding hydrogens is 295 g/mol. The van der Waals surface area contributed by atoms with Crippen LogP contribution in [0.2, 0.25) is 0 Å². The maximum absolute atomic E-state index is 11.2. The van der Waals surface area contributed by atoms with Gasteiger partial charge in [-0.1, -0.05) is 0 Å². The molecule has 2 aromatic heterocycles. The second-order valence-electron chi connectivity index (χ2n) is 2.70. The lowest BCUT2D eigenvalue weighted by atomic mass is 10.5. The van der Waals surface area contributed by atoms with Crippen LogP contribution in [-0.2, 0) is 4.74 Å². The SMILES string of the molecule is COC(=O)c1cn2cccc(I)c2n1. The predicted octanol–water partition coefficient (Wildman–Crippen LogP) is 1.73. The number of carbonyl (C=O) groups is 1. The van der Waals surface area contributed by atoms with Gasteiger partial charge in [-0.15, -0.1) is 0 Å². The zero-order valence-electron chi connectivity index (χ0n) is 7.40. The Balaban J connectivity index is 2.62. The summed E-state index contributed by atoms with van der Waals surface area (Å²) in [5.41, 5.74) is 1.10. The third-order valence-corrected chi connectivity index (χ3v) is 2.67. The van der Waals surface area contributed by atoms with E-state index < -0.39 is 5.97 Å². The second kappa shape index (κ2) is 3.56. The van der Waals surface area contributed by atoms with Gasteiger partial charge in [-0.05, 0) is 34.7 Å². The van der Waals surface area contributed by atoms with E-state index in [2.05, 4.69) is 32.3 Å². The first-order valence-electron chi connectivity index (χ1n) is 3.94. The molecule has 5 heteroatoms. The number of ether oxygens (including phenoxy) is 1. The molecule has 0 aliphatic carbocycles. The molecule has 0 aromatic carbocycles. The third-order valence-electron chi connectivity index (χ3n) is 1.83. The molecule has 0 radical (unpaired) electrons. The smallest absolute Gasteiger partial charge is 0.358 e. The molecule has 4 nitrogen and oxygen atoms in total. The van der Waals surface area contributed by atoms with Gasteiger partial charge in [0.2, 0.25) is 0 Å². The molecule has 0 unspecified atom stereocenters. The number of hydrogen-bond donors (Lipinski definition) is 0. The molecule has 2 heterocycles. The minimum absolute atomic E-state index is 0.330. The monoisotopic (exact) mass is 302 g/mol. The molecule has 0 spiro atoms. The van der Waals surface area contributed by atoms with Gasteiger partial charge in [0.25, 0.3) is 0 Å². The van der Waals surface area contributed by atoms with Crippen LogP contribution in [0.25, 0.3) is 5.65 Å². The second-order valence-corrected chi connectivity index (χ2v) is 3.87. The zero-order chi connectivity index (χ0) is 10.1. The number of methoxy groups -OCH3 is 1. The van der Waals surface area contributed by atoms with E-state index in [1.54, 1.807) is 10.6 Å². The van der Waals surface area contributed by atoms with Crippen molar-refractivity contribution >= 4 is 34.2 Å². The summed E-state index contributed by atoms with van der Waals surface area (Å²) < 4.78 is 7.39. The summed E-state index contributed by atoms with van der Waals surface area (Å²) >= 11 is 2.17. The molecule has 2 aromatic rings. The Hall–Kier alpha value is -1.11. The first kappa shape index (κ1) is 9.45. The van der Waals surface area contributed by atoms with E-state index in [9.17, 15) is 4.79 Å². The number of hydrogen-bond acceptors (Lipinski definition) is 3. The van der Waals surface area contributed by atoms with Crippen molar-refractivity contribution in [1.82, 2.24) is 9.38 Å². The molecule has 14 heavy (non-hydrogen) atoms. The maximum atomic E-state index is 11.2. The fraction of sp³-hybridized carbons (Fsp3) is 0.111. The highest BCUT2D eigenvalue weighted by atomic mass is 127. The van der Waals surface area contributed by atoms with E-state index in [1.165, 1.54) is 7.11 Å². The summed E-state index contributed by atoms with van der Waals surface area (Å²) in [6, 6.07) is 3.83. The van der Waals surface area contributed by atoms with Gasteiger partial charge in [0, 0.05) is 12.4 Å². The van der Waals surface area contributed by atoms with Crippen LogP contribution in [0, 0.1) is 3.57 Å². The average Bonchev–Trinajstić information content (AvgIpc) is 2.62. The fourth-order valence-corrected chi connectivity index (χ4v) is 1.79. The lowest BCUT2D eigenvalue weighted by Crippen LogP contribution is -2.00. The number of aromatic nitrogens is 2. The summed E-state index contributed by atoms with van der Waals surface area (Å²) in [5.74, 6) is -0.412. The molecule has 0 saturated heterocycles. The van der Waals surface area contributed by atoms with Gasteiger partial charge in [0.05, 0.1) is 10.7 Å². The van der Waals surface area contributed by atoms with E-state index in [0.29, 0.717) is 5.69 Å². The number of esters is 1. The lowest BCUT2D eigenvalue weighted by Gasteiger charge is -1.92. The zero-order valence-corrected chi connectivity index (χ0v) is 9.56. The molecule has 0 atom stereocenters. The Morgan fingerprint density at radius 1 is 1.64 bits per heavy atom. The molecule has 0 aliphatic heterocycles. The molecule has 72 valence electrons. The number of imidazole rings is 1. The molecule has 2 rings (SSSR count). The van der Waals surface area contributed by atoms with Gasteiger partial charge in [0.1, 0.15) is 0 Å². The molecule has 0 aliphatic rings. The summed E-state index contributed by atoms with van der Waals surface area (Å²) in [7, 11) is 1.34. The number of rotatable bonds is 1. The Bertz CT molecular complexity index is 493. The lowest BCUT2D eigenvalue weighted by molar-refractivity contribution is 0.0595. The molecule has 0 bridgehead atoms. The first-order valence-corrected chi connectivity index (χ1v) is 5.02. The Morgan fingerprint density at radius 2 is 2.43 bits per heavy atom. The van der Waals surface area contributed by atoms with Crippen molar-refractivity contribution in [2.45, 2.75) is 0 Å². The summed E-state index contributed by atoms with van der Waals surface area (Å²) in [6.45, 7) is 0. The largest absolute Gasteiger partial charge is 0.464 e. The maximum Gasteiger partial charge on any atom is 0.358 e. The first-order chi connectivity index (χ1) is 6.72. The highest BCUT2D eigenvalue weighted by Gasteiger charge is 2.11. The van der Waals surface area contributed by atoms with Gasteiger partial charge in [-0.25, -0.2) is 9.78 Å². The van der Waals surface area contributed by atoms with Crippen molar-refractivity contribution in [3.05, 3.63) is 33.8 Å². The predicted molar refractivity (Wildman–Crippen MR) is 59.2 cm³/mol.